The lowest BCUT2D eigenvalue weighted by Gasteiger charge is -2.36. The standard InChI is InChI=1S/C15H26N2S/c1-13-5-6-14(18-13)11-17-10-9-15(12-16)7-3-2-4-8-15/h5-6,17H,2-4,7-12,16H2,1H3. The van der Waals surface area contributed by atoms with Gasteiger partial charge in [0, 0.05) is 16.3 Å². The number of hydrogen-bond acceptors (Lipinski definition) is 3. The summed E-state index contributed by atoms with van der Waals surface area (Å²) in [4.78, 5) is 2.84. The van der Waals surface area contributed by atoms with Crippen molar-refractivity contribution < 1.29 is 0 Å². The first kappa shape index (κ1) is 14.0. The number of thiophene rings is 1. The molecule has 1 aromatic rings. The molecule has 0 atom stereocenters. The Morgan fingerprint density at radius 2 is 2.06 bits per heavy atom. The molecule has 3 heteroatoms. The average molecular weight is 266 g/mol. The van der Waals surface area contributed by atoms with E-state index in [4.69, 9.17) is 5.73 Å². The lowest BCUT2D eigenvalue weighted by atomic mass is 9.72. The second kappa shape index (κ2) is 6.69. The highest BCUT2D eigenvalue weighted by molar-refractivity contribution is 7.11. The molecule has 2 nitrogen and oxygen atoms in total. The van der Waals surface area contributed by atoms with Gasteiger partial charge < -0.3 is 11.1 Å². The van der Waals surface area contributed by atoms with Crippen LogP contribution in [0.1, 0.15) is 48.3 Å². The molecule has 0 amide bonds. The molecule has 1 fully saturated rings. The van der Waals surface area contributed by atoms with E-state index in [1.807, 2.05) is 11.3 Å². The van der Waals surface area contributed by atoms with Crippen molar-refractivity contribution >= 4 is 11.3 Å². The minimum atomic E-state index is 0.441. The predicted octanol–water partition coefficient (Wildman–Crippen LogP) is 3.45. The number of nitrogens with two attached hydrogens (primary N) is 1. The van der Waals surface area contributed by atoms with E-state index >= 15 is 0 Å². The molecule has 18 heavy (non-hydrogen) atoms. The van der Waals surface area contributed by atoms with Crippen LogP contribution in [0.5, 0.6) is 0 Å². The van der Waals surface area contributed by atoms with Gasteiger partial charge in [-0.1, -0.05) is 19.3 Å². The van der Waals surface area contributed by atoms with Gasteiger partial charge in [-0.3, -0.25) is 0 Å². The van der Waals surface area contributed by atoms with Crippen LogP contribution in [0.4, 0.5) is 0 Å². The van der Waals surface area contributed by atoms with Gasteiger partial charge in [-0.15, -0.1) is 11.3 Å². The number of aryl methyl sites for hydroxylation is 1. The van der Waals surface area contributed by atoms with Crippen LogP contribution in [0, 0.1) is 12.3 Å². The molecule has 102 valence electrons. The zero-order chi connectivity index (χ0) is 12.8. The highest BCUT2D eigenvalue weighted by Gasteiger charge is 2.29. The molecule has 0 unspecified atom stereocenters. The fraction of sp³-hybridized carbons (Fsp3) is 0.733. The summed E-state index contributed by atoms with van der Waals surface area (Å²) in [6.45, 7) is 5.15. The fourth-order valence-electron chi connectivity index (χ4n) is 3.00. The van der Waals surface area contributed by atoms with Crippen LogP contribution in [0.3, 0.4) is 0 Å². The van der Waals surface area contributed by atoms with E-state index in [0.717, 1.165) is 19.6 Å². The van der Waals surface area contributed by atoms with Crippen LogP contribution < -0.4 is 11.1 Å². The number of nitrogens with one attached hydrogen (secondary N) is 1. The topological polar surface area (TPSA) is 38.0 Å². The zero-order valence-corrected chi connectivity index (χ0v) is 12.3. The van der Waals surface area contributed by atoms with Gasteiger partial charge in [-0.25, -0.2) is 0 Å². The first-order valence-corrected chi connectivity index (χ1v) is 8.02. The number of rotatable bonds is 6. The van der Waals surface area contributed by atoms with Crippen LogP contribution in [0.15, 0.2) is 12.1 Å². The summed E-state index contributed by atoms with van der Waals surface area (Å²) in [6.07, 6.45) is 8.08. The third kappa shape index (κ3) is 3.81. The first-order chi connectivity index (χ1) is 8.74. The monoisotopic (exact) mass is 266 g/mol. The van der Waals surface area contributed by atoms with Gasteiger partial charge in [0.1, 0.15) is 0 Å². The van der Waals surface area contributed by atoms with Crippen molar-refractivity contribution in [2.24, 2.45) is 11.1 Å². The van der Waals surface area contributed by atoms with Gasteiger partial charge in [0.25, 0.3) is 0 Å². The molecule has 2 rings (SSSR count). The van der Waals surface area contributed by atoms with E-state index in [1.165, 1.54) is 48.3 Å². The van der Waals surface area contributed by atoms with E-state index in [1.54, 1.807) is 0 Å². The summed E-state index contributed by atoms with van der Waals surface area (Å²) < 4.78 is 0. The van der Waals surface area contributed by atoms with Gasteiger partial charge >= 0.3 is 0 Å². The summed E-state index contributed by atoms with van der Waals surface area (Å²) in [5.74, 6) is 0. The molecule has 0 aromatic carbocycles. The van der Waals surface area contributed by atoms with Crippen molar-refractivity contribution in [1.29, 1.82) is 0 Å². The Bertz CT molecular complexity index is 353. The molecule has 0 saturated heterocycles. The molecule has 0 spiro atoms. The van der Waals surface area contributed by atoms with E-state index < -0.39 is 0 Å². The molecular formula is C15H26N2S. The first-order valence-electron chi connectivity index (χ1n) is 7.20. The summed E-state index contributed by atoms with van der Waals surface area (Å²) in [6, 6.07) is 4.43. The summed E-state index contributed by atoms with van der Waals surface area (Å²) >= 11 is 1.89. The van der Waals surface area contributed by atoms with Gasteiger partial charge in [-0.2, -0.15) is 0 Å². The van der Waals surface area contributed by atoms with Crippen molar-refractivity contribution in [3.8, 4) is 0 Å². The van der Waals surface area contributed by atoms with E-state index in [0.29, 0.717) is 5.41 Å². The third-order valence-electron chi connectivity index (χ3n) is 4.27. The summed E-state index contributed by atoms with van der Waals surface area (Å²) in [7, 11) is 0. The van der Waals surface area contributed by atoms with E-state index in [2.05, 4.69) is 24.4 Å². The predicted molar refractivity (Wildman–Crippen MR) is 80.0 cm³/mol. The molecule has 1 aliphatic carbocycles. The Kier molecular flexibility index (Phi) is 5.22. The normalized spacial score (nSPS) is 19.0. The Hall–Kier alpha value is -0.380. The Balaban J connectivity index is 1.70. The second-order valence-corrected chi connectivity index (χ2v) is 7.08. The van der Waals surface area contributed by atoms with Crippen LogP contribution in [0.25, 0.3) is 0 Å². The van der Waals surface area contributed by atoms with Gasteiger partial charge in [0.2, 0.25) is 0 Å². The minimum absolute atomic E-state index is 0.441. The van der Waals surface area contributed by atoms with Gasteiger partial charge in [0.05, 0.1) is 0 Å². The Morgan fingerprint density at radius 3 is 2.67 bits per heavy atom. The highest BCUT2D eigenvalue weighted by atomic mass is 32.1. The molecule has 1 saturated carbocycles. The van der Waals surface area contributed by atoms with Crippen molar-refractivity contribution in [2.45, 2.75) is 52.0 Å². The fourth-order valence-corrected chi connectivity index (χ4v) is 3.86. The van der Waals surface area contributed by atoms with E-state index in [9.17, 15) is 0 Å². The molecule has 0 radical (unpaired) electrons. The van der Waals surface area contributed by atoms with Crippen LogP contribution in [-0.2, 0) is 6.54 Å². The van der Waals surface area contributed by atoms with Crippen LogP contribution in [0.2, 0.25) is 0 Å². The molecule has 1 aliphatic rings. The van der Waals surface area contributed by atoms with Crippen LogP contribution in [-0.4, -0.2) is 13.1 Å². The third-order valence-corrected chi connectivity index (χ3v) is 5.28. The molecule has 0 aliphatic heterocycles. The smallest absolute Gasteiger partial charge is 0.0299 e. The van der Waals surface area contributed by atoms with E-state index in [-0.39, 0.29) is 0 Å². The Labute approximate surface area is 115 Å². The van der Waals surface area contributed by atoms with Crippen molar-refractivity contribution in [2.75, 3.05) is 13.1 Å². The largest absolute Gasteiger partial charge is 0.330 e. The van der Waals surface area contributed by atoms with Crippen LogP contribution >= 0.6 is 11.3 Å². The Morgan fingerprint density at radius 1 is 1.28 bits per heavy atom. The maximum atomic E-state index is 6.01. The van der Waals surface area contributed by atoms with Crippen molar-refractivity contribution in [1.82, 2.24) is 5.32 Å². The van der Waals surface area contributed by atoms with Crippen molar-refractivity contribution in [3.05, 3.63) is 21.9 Å². The lowest BCUT2D eigenvalue weighted by Crippen LogP contribution is -2.35. The van der Waals surface area contributed by atoms with Crippen molar-refractivity contribution in [3.63, 3.8) is 0 Å². The second-order valence-electron chi connectivity index (χ2n) is 5.70. The zero-order valence-electron chi connectivity index (χ0n) is 11.5. The lowest BCUT2D eigenvalue weighted by molar-refractivity contribution is 0.181. The minimum Gasteiger partial charge on any atom is -0.330 e. The summed E-state index contributed by atoms with van der Waals surface area (Å²) in [5.41, 5.74) is 6.45. The average Bonchev–Trinajstić information content (AvgIpc) is 2.82. The summed E-state index contributed by atoms with van der Waals surface area (Å²) in [5, 5.41) is 3.58. The van der Waals surface area contributed by atoms with Gasteiger partial charge in [-0.05, 0) is 56.8 Å². The molecule has 1 heterocycles. The highest BCUT2D eigenvalue weighted by Crippen LogP contribution is 2.37. The molecular weight excluding hydrogens is 240 g/mol. The quantitative estimate of drug-likeness (QED) is 0.774. The number of hydrogen-bond donors (Lipinski definition) is 2. The molecule has 3 N–H and O–H groups in total. The van der Waals surface area contributed by atoms with Gasteiger partial charge in [0.15, 0.2) is 0 Å². The molecule has 1 aromatic heterocycles. The molecule has 0 bridgehead atoms. The SMILES string of the molecule is Cc1ccc(CNCCC2(CN)CCCCC2)s1. The maximum absolute atomic E-state index is 6.01. The maximum Gasteiger partial charge on any atom is 0.0299 e.